The van der Waals surface area contributed by atoms with Gasteiger partial charge in [-0.2, -0.15) is 0 Å². The molecule has 0 radical (unpaired) electrons. The summed E-state index contributed by atoms with van der Waals surface area (Å²) in [4.78, 5) is 7.04. The first-order chi connectivity index (χ1) is 9.76. The Hall–Kier alpha value is -1.33. The topological polar surface area (TPSA) is 48.4 Å². The third kappa shape index (κ3) is 2.88. The van der Waals surface area contributed by atoms with Crippen LogP contribution in [0.15, 0.2) is 18.2 Å². The molecule has 0 aliphatic carbocycles. The van der Waals surface area contributed by atoms with Crippen LogP contribution >= 0.6 is 11.3 Å². The van der Waals surface area contributed by atoms with Crippen LogP contribution in [0.25, 0.3) is 10.2 Å². The number of nitrogens with one attached hydrogen (secondary N) is 1. The molecule has 0 atom stereocenters. The molecule has 0 unspecified atom stereocenters. The van der Waals surface area contributed by atoms with Gasteiger partial charge in [-0.3, -0.25) is 0 Å². The lowest BCUT2D eigenvalue weighted by Crippen LogP contribution is -2.42. The zero-order valence-electron chi connectivity index (χ0n) is 11.8. The highest BCUT2D eigenvalue weighted by Gasteiger charge is 2.21. The zero-order chi connectivity index (χ0) is 13.9. The van der Waals surface area contributed by atoms with Crippen molar-refractivity contribution >= 4 is 26.7 Å². The van der Waals surface area contributed by atoms with E-state index in [2.05, 4.69) is 22.1 Å². The SMILES string of the molecule is CCCNC1CCN(c2nc3ccc(O)cc3s2)CC1. The van der Waals surface area contributed by atoms with Gasteiger partial charge in [-0.25, -0.2) is 4.98 Å². The average molecular weight is 291 g/mol. The Morgan fingerprint density at radius 2 is 2.20 bits per heavy atom. The Bertz CT molecular complexity index is 576. The van der Waals surface area contributed by atoms with Crippen LogP contribution in [-0.4, -0.2) is 35.8 Å². The highest BCUT2D eigenvalue weighted by atomic mass is 32.1. The molecule has 3 rings (SSSR count). The molecule has 1 saturated heterocycles. The van der Waals surface area contributed by atoms with Crippen LogP contribution in [0.2, 0.25) is 0 Å². The lowest BCUT2D eigenvalue weighted by molar-refractivity contribution is 0.416. The molecule has 1 aromatic carbocycles. The molecule has 2 N–H and O–H groups in total. The number of hydrogen-bond acceptors (Lipinski definition) is 5. The summed E-state index contributed by atoms with van der Waals surface area (Å²) >= 11 is 1.67. The minimum absolute atomic E-state index is 0.315. The molecule has 0 bridgehead atoms. The first-order valence-electron chi connectivity index (χ1n) is 7.34. The highest BCUT2D eigenvalue weighted by Crippen LogP contribution is 2.32. The Morgan fingerprint density at radius 1 is 1.40 bits per heavy atom. The van der Waals surface area contributed by atoms with Gasteiger partial charge < -0.3 is 15.3 Å². The van der Waals surface area contributed by atoms with Crippen LogP contribution in [0.4, 0.5) is 5.13 Å². The molecule has 5 heteroatoms. The van der Waals surface area contributed by atoms with E-state index in [1.807, 2.05) is 6.07 Å². The minimum Gasteiger partial charge on any atom is -0.508 e. The fourth-order valence-corrected chi connectivity index (χ4v) is 3.71. The van der Waals surface area contributed by atoms with E-state index < -0.39 is 0 Å². The fraction of sp³-hybridized carbons (Fsp3) is 0.533. The van der Waals surface area contributed by atoms with Crippen LogP contribution in [0.1, 0.15) is 26.2 Å². The van der Waals surface area contributed by atoms with E-state index in [0.717, 1.165) is 35.0 Å². The van der Waals surface area contributed by atoms with Crippen molar-refractivity contribution in [2.45, 2.75) is 32.2 Å². The van der Waals surface area contributed by atoms with Gasteiger partial charge in [0.05, 0.1) is 10.2 Å². The number of phenolic OH excluding ortho intramolecular Hbond substituents is 1. The third-order valence-electron chi connectivity index (χ3n) is 3.81. The summed E-state index contributed by atoms with van der Waals surface area (Å²) < 4.78 is 1.06. The molecule has 0 spiro atoms. The number of phenols is 1. The molecule has 2 aromatic rings. The summed E-state index contributed by atoms with van der Waals surface area (Å²) in [7, 11) is 0. The molecule has 1 aliphatic heterocycles. The van der Waals surface area contributed by atoms with Crippen LogP contribution in [-0.2, 0) is 0 Å². The molecule has 20 heavy (non-hydrogen) atoms. The maximum absolute atomic E-state index is 9.52. The number of aromatic hydroxyl groups is 1. The predicted molar refractivity (Wildman–Crippen MR) is 84.8 cm³/mol. The van der Waals surface area contributed by atoms with Gasteiger partial charge in [-0.15, -0.1) is 0 Å². The summed E-state index contributed by atoms with van der Waals surface area (Å²) in [5.74, 6) is 0.315. The Labute approximate surface area is 123 Å². The number of nitrogens with zero attached hydrogens (tertiary/aromatic N) is 2. The molecule has 108 valence electrons. The second-order valence-corrected chi connectivity index (χ2v) is 6.37. The number of benzene rings is 1. The van der Waals surface area contributed by atoms with Gasteiger partial charge >= 0.3 is 0 Å². The number of anilines is 1. The fourth-order valence-electron chi connectivity index (χ4n) is 2.66. The van der Waals surface area contributed by atoms with Crippen molar-refractivity contribution in [2.24, 2.45) is 0 Å². The van der Waals surface area contributed by atoms with E-state index in [0.29, 0.717) is 11.8 Å². The Balaban J connectivity index is 1.67. The van der Waals surface area contributed by atoms with Crippen molar-refractivity contribution in [3.63, 3.8) is 0 Å². The van der Waals surface area contributed by atoms with Gasteiger partial charge in [0.1, 0.15) is 5.75 Å². The van der Waals surface area contributed by atoms with Crippen molar-refractivity contribution in [3.05, 3.63) is 18.2 Å². The van der Waals surface area contributed by atoms with Crippen LogP contribution in [0, 0.1) is 0 Å². The first kappa shape index (κ1) is 13.6. The van der Waals surface area contributed by atoms with Crippen molar-refractivity contribution in [2.75, 3.05) is 24.5 Å². The number of aromatic nitrogens is 1. The number of piperidine rings is 1. The maximum Gasteiger partial charge on any atom is 0.186 e. The minimum atomic E-state index is 0.315. The smallest absolute Gasteiger partial charge is 0.186 e. The van der Waals surface area contributed by atoms with Crippen molar-refractivity contribution < 1.29 is 5.11 Å². The van der Waals surface area contributed by atoms with Gasteiger partial charge in [-0.05, 0) is 44.0 Å². The summed E-state index contributed by atoms with van der Waals surface area (Å²) in [5.41, 5.74) is 0.981. The van der Waals surface area contributed by atoms with Crippen molar-refractivity contribution in [1.29, 1.82) is 0 Å². The second-order valence-electron chi connectivity index (χ2n) is 5.36. The summed E-state index contributed by atoms with van der Waals surface area (Å²) in [6.07, 6.45) is 3.56. The van der Waals surface area contributed by atoms with E-state index in [-0.39, 0.29) is 0 Å². The maximum atomic E-state index is 9.52. The molecule has 0 saturated carbocycles. The van der Waals surface area contributed by atoms with Crippen LogP contribution in [0.3, 0.4) is 0 Å². The lowest BCUT2D eigenvalue weighted by atomic mass is 10.1. The van der Waals surface area contributed by atoms with E-state index in [9.17, 15) is 5.11 Å². The molecule has 2 heterocycles. The average Bonchev–Trinajstić information content (AvgIpc) is 2.88. The highest BCUT2D eigenvalue weighted by molar-refractivity contribution is 7.22. The quantitative estimate of drug-likeness (QED) is 0.909. The van der Waals surface area contributed by atoms with E-state index in [4.69, 9.17) is 0 Å². The summed E-state index contributed by atoms with van der Waals surface area (Å²) in [5, 5.41) is 14.2. The lowest BCUT2D eigenvalue weighted by Gasteiger charge is -2.32. The number of thiazole rings is 1. The molecule has 4 nitrogen and oxygen atoms in total. The van der Waals surface area contributed by atoms with Gasteiger partial charge in [0.15, 0.2) is 5.13 Å². The number of fused-ring (bicyclic) bond motifs is 1. The largest absolute Gasteiger partial charge is 0.508 e. The molecule has 1 aromatic heterocycles. The normalized spacial score (nSPS) is 16.9. The molecular formula is C15H21N3OS. The van der Waals surface area contributed by atoms with Gasteiger partial charge in [0, 0.05) is 19.1 Å². The molecule has 0 amide bonds. The van der Waals surface area contributed by atoms with Crippen molar-refractivity contribution in [1.82, 2.24) is 10.3 Å². The summed E-state index contributed by atoms with van der Waals surface area (Å²) in [6.45, 7) is 5.45. The van der Waals surface area contributed by atoms with Gasteiger partial charge in [0.2, 0.25) is 0 Å². The second kappa shape index (κ2) is 5.97. The van der Waals surface area contributed by atoms with Crippen LogP contribution < -0.4 is 10.2 Å². The van der Waals surface area contributed by atoms with E-state index in [1.165, 1.54) is 19.3 Å². The molecular weight excluding hydrogens is 270 g/mol. The predicted octanol–water partition coefficient (Wildman–Crippen LogP) is 2.97. The Kier molecular flexibility index (Phi) is 4.08. The first-order valence-corrected chi connectivity index (χ1v) is 8.16. The monoisotopic (exact) mass is 291 g/mol. The number of rotatable bonds is 4. The molecule has 1 aliphatic rings. The standard InChI is InChI=1S/C15H21N3OS/c1-2-7-16-11-5-8-18(9-6-11)15-17-13-4-3-12(19)10-14(13)20-15/h3-4,10-11,16,19H,2,5-9H2,1H3. The van der Waals surface area contributed by atoms with Crippen molar-refractivity contribution in [3.8, 4) is 5.75 Å². The van der Waals surface area contributed by atoms with Gasteiger partial charge in [0.25, 0.3) is 0 Å². The third-order valence-corrected chi connectivity index (χ3v) is 4.89. The van der Waals surface area contributed by atoms with Gasteiger partial charge in [-0.1, -0.05) is 18.3 Å². The van der Waals surface area contributed by atoms with Crippen LogP contribution in [0.5, 0.6) is 5.75 Å². The Morgan fingerprint density at radius 3 is 2.95 bits per heavy atom. The van der Waals surface area contributed by atoms with E-state index in [1.54, 1.807) is 23.5 Å². The zero-order valence-corrected chi connectivity index (χ0v) is 12.6. The molecule has 1 fully saturated rings. The van der Waals surface area contributed by atoms with E-state index >= 15 is 0 Å². The number of hydrogen-bond donors (Lipinski definition) is 2. The summed E-state index contributed by atoms with van der Waals surface area (Å²) in [6, 6.07) is 6.04.